The fraction of sp³-hybridized carbons (Fsp3) is 0.714. The van der Waals surface area contributed by atoms with Gasteiger partial charge < -0.3 is 18.9 Å². The molecule has 0 aromatic rings. The molecular weight excluding hydrogens is 232 g/mol. The third kappa shape index (κ3) is 1.67. The molecule has 2 heterocycles. The molecular formula is C14H20O4. The van der Waals surface area contributed by atoms with Gasteiger partial charge in [0, 0.05) is 0 Å². The van der Waals surface area contributed by atoms with Crippen LogP contribution in [0.25, 0.3) is 0 Å². The summed E-state index contributed by atoms with van der Waals surface area (Å²) in [5, 5.41) is 0. The number of ether oxygens (including phenoxy) is 4. The average Bonchev–Trinajstić information content (AvgIpc) is 2.59. The Kier molecular flexibility index (Phi) is 2.86. The quantitative estimate of drug-likeness (QED) is 0.723. The lowest BCUT2D eigenvalue weighted by molar-refractivity contribution is -0.479. The molecule has 4 nitrogen and oxygen atoms in total. The predicted molar refractivity (Wildman–Crippen MR) is 65.3 cm³/mol. The molecule has 0 spiro atoms. The first kappa shape index (κ1) is 12.4. The lowest BCUT2D eigenvalue weighted by Crippen LogP contribution is -2.60. The topological polar surface area (TPSA) is 36.9 Å². The van der Waals surface area contributed by atoms with Crippen LogP contribution in [0.1, 0.15) is 26.7 Å². The molecule has 3 fully saturated rings. The molecule has 1 unspecified atom stereocenters. The van der Waals surface area contributed by atoms with E-state index in [4.69, 9.17) is 18.9 Å². The summed E-state index contributed by atoms with van der Waals surface area (Å²) in [4.78, 5) is 0. The van der Waals surface area contributed by atoms with Gasteiger partial charge in [-0.25, -0.2) is 0 Å². The summed E-state index contributed by atoms with van der Waals surface area (Å²) < 4.78 is 22.8. The van der Waals surface area contributed by atoms with E-state index in [1.54, 1.807) is 0 Å². The van der Waals surface area contributed by atoms with Gasteiger partial charge in [-0.05, 0) is 32.6 Å². The first-order chi connectivity index (χ1) is 8.55. The maximum atomic E-state index is 5.70. The summed E-state index contributed by atoms with van der Waals surface area (Å²) in [6.07, 6.45) is 2.82. The van der Waals surface area contributed by atoms with E-state index in [2.05, 4.69) is 13.2 Å². The van der Waals surface area contributed by atoms with Gasteiger partial charge in [0.15, 0.2) is 25.2 Å². The van der Waals surface area contributed by atoms with E-state index in [9.17, 15) is 0 Å². The fourth-order valence-electron chi connectivity index (χ4n) is 3.16. The minimum Gasteiger partial charge on any atom is -0.323 e. The normalized spacial score (nSPS) is 51.7. The summed E-state index contributed by atoms with van der Waals surface area (Å²) in [5.41, 5.74) is 0.887. The third-order valence-electron chi connectivity index (χ3n) is 4.16. The second-order valence-corrected chi connectivity index (χ2v) is 5.46. The van der Waals surface area contributed by atoms with Crippen LogP contribution in [0.2, 0.25) is 0 Å². The molecule has 0 radical (unpaired) electrons. The van der Waals surface area contributed by atoms with Crippen molar-refractivity contribution in [2.75, 3.05) is 0 Å². The molecule has 0 aromatic heterocycles. The minimum absolute atomic E-state index is 0.138. The van der Waals surface area contributed by atoms with Crippen molar-refractivity contribution in [2.45, 2.75) is 51.8 Å². The summed E-state index contributed by atoms with van der Waals surface area (Å²) in [6.45, 7) is 11.8. The third-order valence-corrected chi connectivity index (χ3v) is 4.16. The largest absolute Gasteiger partial charge is 0.323 e. The van der Waals surface area contributed by atoms with E-state index in [1.807, 2.05) is 19.9 Å². The second kappa shape index (κ2) is 4.17. The fourth-order valence-corrected chi connectivity index (χ4v) is 3.16. The van der Waals surface area contributed by atoms with Crippen molar-refractivity contribution in [3.05, 3.63) is 24.8 Å². The van der Waals surface area contributed by atoms with Crippen LogP contribution < -0.4 is 0 Å². The van der Waals surface area contributed by atoms with E-state index < -0.39 is 0 Å². The van der Waals surface area contributed by atoms with E-state index in [-0.39, 0.29) is 36.5 Å². The van der Waals surface area contributed by atoms with Crippen LogP contribution in [0.15, 0.2) is 24.8 Å². The van der Waals surface area contributed by atoms with Crippen molar-refractivity contribution in [1.29, 1.82) is 0 Å². The molecule has 4 heteroatoms. The predicted octanol–water partition coefficient (Wildman–Crippen LogP) is 2.56. The van der Waals surface area contributed by atoms with Crippen molar-refractivity contribution in [1.82, 2.24) is 0 Å². The molecule has 18 heavy (non-hydrogen) atoms. The van der Waals surface area contributed by atoms with Crippen LogP contribution in [0.5, 0.6) is 0 Å². The number of allylic oxidation sites excluding steroid dienone is 2. The Morgan fingerprint density at radius 3 is 1.94 bits per heavy atom. The molecule has 100 valence electrons. The second-order valence-electron chi connectivity index (χ2n) is 5.46. The Morgan fingerprint density at radius 1 is 1.11 bits per heavy atom. The minimum atomic E-state index is -0.269. The van der Waals surface area contributed by atoms with Crippen LogP contribution >= 0.6 is 0 Å². The molecule has 3 aliphatic rings. The van der Waals surface area contributed by atoms with E-state index in [1.165, 1.54) is 0 Å². The molecule has 1 aliphatic carbocycles. The van der Waals surface area contributed by atoms with Crippen LogP contribution in [0, 0.1) is 11.3 Å². The lowest BCUT2D eigenvalue weighted by Gasteiger charge is -2.52. The molecule has 0 amide bonds. The van der Waals surface area contributed by atoms with Gasteiger partial charge in [0.2, 0.25) is 0 Å². The number of hydrogen-bond donors (Lipinski definition) is 0. The van der Waals surface area contributed by atoms with E-state index in [0.717, 1.165) is 18.4 Å². The van der Waals surface area contributed by atoms with Gasteiger partial charge in [-0.1, -0.05) is 18.2 Å². The zero-order valence-corrected chi connectivity index (χ0v) is 10.9. The lowest BCUT2D eigenvalue weighted by atomic mass is 9.81. The molecule has 2 saturated heterocycles. The zero-order valence-electron chi connectivity index (χ0n) is 10.9. The Bertz CT molecular complexity index is 348. The van der Waals surface area contributed by atoms with Gasteiger partial charge in [0.25, 0.3) is 0 Å². The Labute approximate surface area is 108 Å². The Balaban J connectivity index is 1.81. The first-order valence-corrected chi connectivity index (χ1v) is 6.47. The van der Waals surface area contributed by atoms with E-state index >= 15 is 0 Å². The summed E-state index contributed by atoms with van der Waals surface area (Å²) in [6, 6.07) is 0. The van der Waals surface area contributed by atoms with Crippen LogP contribution in [0.4, 0.5) is 0 Å². The molecule has 3 rings (SSSR count). The molecule has 0 N–H and O–H groups in total. The van der Waals surface area contributed by atoms with Crippen molar-refractivity contribution >= 4 is 0 Å². The highest BCUT2D eigenvalue weighted by molar-refractivity contribution is 5.20. The maximum Gasteiger partial charge on any atom is 0.174 e. The number of rotatable bonds is 3. The molecule has 1 atom stereocenters. The molecule has 0 bridgehead atoms. The molecule has 1 saturated carbocycles. The summed E-state index contributed by atoms with van der Waals surface area (Å²) in [7, 11) is 0. The van der Waals surface area contributed by atoms with Crippen molar-refractivity contribution in [2.24, 2.45) is 11.3 Å². The van der Waals surface area contributed by atoms with Gasteiger partial charge in [-0.2, -0.15) is 0 Å². The monoisotopic (exact) mass is 252 g/mol. The van der Waals surface area contributed by atoms with E-state index in [0.29, 0.717) is 0 Å². The van der Waals surface area contributed by atoms with Crippen LogP contribution in [0.3, 0.4) is 0 Å². The molecule has 0 aromatic carbocycles. The highest BCUT2D eigenvalue weighted by Crippen LogP contribution is 2.56. The number of hydrogen-bond acceptors (Lipinski definition) is 4. The van der Waals surface area contributed by atoms with Crippen LogP contribution in [-0.2, 0) is 18.9 Å². The van der Waals surface area contributed by atoms with Gasteiger partial charge in [-0.15, -0.1) is 6.58 Å². The zero-order chi connectivity index (χ0) is 12.9. The van der Waals surface area contributed by atoms with Gasteiger partial charge in [-0.3, -0.25) is 0 Å². The van der Waals surface area contributed by atoms with Gasteiger partial charge in [0.05, 0.1) is 5.41 Å². The van der Waals surface area contributed by atoms with Crippen LogP contribution in [-0.4, -0.2) is 25.2 Å². The first-order valence-electron chi connectivity index (χ1n) is 6.47. The standard InChI is InChI=1S/C14H20O4/c1-5-11-7-14(6-8(11)2,12-15-9(3)16-12)13-17-10(4)18-13/h5,9-13H,1-2,6-7H2,3-4H3. The van der Waals surface area contributed by atoms with Crippen molar-refractivity contribution < 1.29 is 18.9 Å². The average molecular weight is 252 g/mol. The van der Waals surface area contributed by atoms with Crippen molar-refractivity contribution in [3.63, 3.8) is 0 Å². The highest BCUT2D eigenvalue weighted by Gasteiger charge is 2.60. The Hall–Kier alpha value is -0.680. The smallest absolute Gasteiger partial charge is 0.174 e. The Morgan fingerprint density at radius 2 is 1.61 bits per heavy atom. The summed E-state index contributed by atoms with van der Waals surface area (Å²) >= 11 is 0. The van der Waals surface area contributed by atoms with Gasteiger partial charge >= 0.3 is 0 Å². The highest BCUT2D eigenvalue weighted by atomic mass is 16.9. The van der Waals surface area contributed by atoms with Gasteiger partial charge in [0.1, 0.15) is 0 Å². The maximum absolute atomic E-state index is 5.70. The van der Waals surface area contributed by atoms with Crippen molar-refractivity contribution in [3.8, 4) is 0 Å². The summed E-state index contributed by atoms with van der Waals surface area (Å²) in [5.74, 6) is 0.288. The molecule has 2 aliphatic heterocycles. The SMILES string of the molecule is C=CC1CC(C2OC(C)O2)(C2OC(C)O2)CC1=C.